The van der Waals surface area contributed by atoms with Gasteiger partial charge in [0.05, 0.1) is 5.56 Å². The third kappa shape index (κ3) is 6.21. The van der Waals surface area contributed by atoms with Crippen LogP contribution in [0, 0.1) is 5.92 Å². The van der Waals surface area contributed by atoms with Gasteiger partial charge in [-0.1, -0.05) is 6.42 Å². The quantitative estimate of drug-likeness (QED) is 0.351. The van der Waals surface area contributed by atoms with Gasteiger partial charge in [0.25, 0.3) is 11.8 Å². The van der Waals surface area contributed by atoms with Crippen LogP contribution in [0.1, 0.15) is 115 Å². The number of benzene rings is 1. The van der Waals surface area contributed by atoms with Crippen molar-refractivity contribution >= 4 is 29.1 Å². The van der Waals surface area contributed by atoms with Crippen molar-refractivity contribution in [2.75, 3.05) is 23.3 Å². The highest BCUT2D eigenvalue weighted by Gasteiger charge is 2.42. The maximum absolute atomic E-state index is 13.5. The number of nitrogens with two attached hydrogens (primary N) is 1. The fourth-order valence-corrected chi connectivity index (χ4v) is 8.31. The molecule has 1 aromatic heterocycles. The number of nitrogens with one attached hydrogen (secondary N) is 2. The van der Waals surface area contributed by atoms with Gasteiger partial charge in [0.2, 0.25) is 0 Å². The van der Waals surface area contributed by atoms with E-state index in [1.54, 1.807) is 18.3 Å². The normalized spacial score (nSPS) is 28.8. The second-order valence-corrected chi connectivity index (χ2v) is 13.8. The molecular formula is C35H46N6O3. The first-order chi connectivity index (χ1) is 21.4. The van der Waals surface area contributed by atoms with Gasteiger partial charge in [-0.05, 0) is 120 Å². The lowest BCUT2D eigenvalue weighted by Gasteiger charge is -2.40. The molecule has 7 rings (SSSR count). The van der Waals surface area contributed by atoms with E-state index in [2.05, 4.69) is 25.4 Å². The molecular weight excluding hydrogens is 552 g/mol. The molecule has 2 amide bonds. The van der Waals surface area contributed by atoms with Crippen molar-refractivity contribution in [3.05, 3.63) is 53.2 Å². The Labute approximate surface area is 260 Å². The van der Waals surface area contributed by atoms with Gasteiger partial charge >= 0.3 is 0 Å². The van der Waals surface area contributed by atoms with Gasteiger partial charge in [-0.2, -0.15) is 0 Å². The summed E-state index contributed by atoms with van der Waals surface area (Å²) in [7, 11) is 0. The summed E-state index contributed by atoms with van der Waals surface area (Å²) in [4.78, 5) is 47.9. The first-order valence-electron chi connectivity index (χ1n) is 17.0. The minimum absolute atomic E-state index is 0.0734. The lowest BCUT2D eigenvalue weighted by molar-refractivity contribution is 0.0924. The summed E-state index contributed by atoms with van der Waals surface area (Å²) in [6, 6.07) is 10.8. The third-order valence-corrected chi connectivity index (χ3v) is 10.8. The zero-order valence-corrected chi connectivity index (χ0v) is 25.7. The van der Waals surface area contributed by atoms with Crippen LogP contribution in [-0.4, -0.2) is 70.8 Å². The number of ketones is 1. The lowest BCUT2D eigenvalue weighted by Crippen LogP contribution is -2.50. The number of aromatic nitrogens is 1. The third-order valence-electron chi connectivity index (χ3n) is 10.8. The van der Waals surface area contributed by atoms with Crippen LogP contribution < -0.4 is 21.3 Å². The molecule has 5 aliphatic rings. The number of pyridine rings is 1. The smallest absolute Gasteiger partial charge is 0.251 e. The van der Waals surface area contributed by atoms with E-state index in [9.17, 15) is 14.4 Å². The minimum atomic E-state index is -0.482. The summed E-state index contributed by atoms with van der Waals surface area (Å²) in [5.74, 6) is 0.746. The molecule has 1 aromatic carbocycles. The number of piperidine rings is 2. The zero-order valence-electron chi connectivity index (χ0n) is 25.7. The number of anilines is 2. The average molecular weight is 599 g/mol. The molecule has 3 aliphatic heterocycles. The Morgan fingerprint density at radius 3 is 2.09 bits per heavy atom. The molecule has 0 spiro atoms. The highest BCUT2D eigenvalue weighted by atomic mass is 16.2. The Bertz CT molecular complexity index is 1360. The van der Waals surface area contributed by atoms with E-state index in [0.29, 0.717) is 40.5 Å². The van der Waals surface area contributed by atoms with E-state index >= 15 is 0 Å². The summed E-state index contributed by atoms with van der Waals surface area (Å²) in [6.07, 6.45) is 16.0. The lowest BCUT2D eigenvalue weighted by atomic mass is 9.88. The Balaban J connectivity index is 0.968. The minimum Gasteiger partial charge on any atom is -0.382 e. The summed E-state index contributed by atoms with van der Waals surface area (Å²) in [5, 5.41) is 6.88. The highest BCUT2D eigenvalue weighted by molar-refractivity contribution is 6.02. The average Bonchev–Trinajstić information content (AvgIpc) is 3.86. The Morgan fingerprint density at radius 1 is 0.773 bits per heavy atom. The van der Waals surface area contributed by atoms with E-state index in [4.69, 9.17) is 5.73 Å². The van der Waals surface area contributed by atoms with Crippen LogP contribution >= 0.6 is 0 Å². The number of hydrogen-bond acceptors (Lipinski definition) is 7. The Morgan fingerprint density at radius 2 is 1.45 bits per heavy atom. The Hall–Kier alpha value is -3.46. The monoisotopic (exact) mass is 598 g/mol. The molecule has 234 valence electrons. The van der Waals surface area contributed by atoms with Crippen molar-refractivity contribution in [2.24, 2.45) is 11.7 Å². The number of primary amides is 1. The van der Waals surface area contributed by atoms with Crippen molar-refractivity contribution in [1.82, 2.24) is 15.2 Å². The molecule has 2 aliphatic carbocycles. The molecule has 3 saturated heterocycles. The topological polar surface area (TPSA) is 121 Å². The van der Waals surface area contributed by atoms with Gasteiger partial charge in [0.15, 0.2) is 5.78 Å². The van der Waals surface area contributed by atoms with Gasteiger partial charge in [0, 0.05) is 59.1 Å². The molecule has 9 heteroatoms. The second-order valence-electron chi connectivity index (χ2n) is 13.8. The first kappa shape index (κ1) is 29.3. The maximum Gasteiger partial charge on any atom is 0.251 e. The molecule has 2 saturated carbocycles. The molecule has 9 nitrogen and oxygen atoms in total. The van der Waals surface area contributed by atoms with Gasteiger partial charge < -0.3 is 26.2 Å². The molecule has 2 bridgehead atoms. The number of rotatable bonds is 9. The van der Waals surface area contributed by atoms with Gasteiger partial charge in [-0.25, -0.2) is 4.98 Å². The van der Waals surface area contributed by atoms with Crippen LogP contribution in [0.5, 0.6) is 0 Å². The molecule has 5 fully saturated rings. The van der Waals surface area contributed by atoms with Crippen molar-refractivity contribution in [2.45, 2.75) is 114 Å². The predicted molar refractivity (Wildman–Crippen MR) is 171 cm³/mol. The molecule has 2 atom stereocenters. The van der Waals surface area contributed by atoms with Gasteiger partial charge in [0.1, 0.15) is 5.82 Å². The molecule has 4 heterocycles. The predicted octanol–water partition coefficient (Wildman–Crippen LogP) is 4.91. The van der Waals surface area contributed by atoms with E-state index in [0.717, 1.165) is 70.0 Å². The number of amides is 2. The zero-order chi connectivity index (χ0) is 30.2. The van der Waals surface area contributed by atoms with E-state index in [1.165, 1.54) is 32.4 Å². The van der Waals surface area contributed by atoms with E-state index in [1.807, 2.05) is 18.2 Å². The van der Waals surface area contributed by atoms with Crippen molar-refractivity contribution in [3.63, 3.8) is 0 Å². The number of Topliss-reactive ketones (excluding diaryl/α,β-unsaturated/α-hetero) is 1. The van der Waals surface area contributed by atoms with E-state index < -0.39 is 5.91 Å². The van der Waals surface area contributed by atoms with Crippen LogP contribution in [0.2, 0.25) is 0 Å². The highest BCUT2D eigenvalue weighted by Crippen LogP contribution is 2.39. The molecule has 2 aromatic rings. The van der Waals surface area contributed by atoms with Gasteiger partial charge in [-0.15, -0.1) is 0 Å². The first-order valence-corrected chi connectivity index (χ1v) is 17.0. The fourth-order valence-electron chi connectivity index (χ4n) is 8.31. The van der Waals surface area contributed by atoms with E-state index in [-0.39, 0.29) is 29.7 Å². The van der Waals surface area contributed by atoms with Crippen LogP contribution in [0.15, 0.2) is 36.5 Å². The number of carbonyl (C=O) groups is 3. The standard InChI is InChI=1S/C35H46N6O3/c36-34(43)30-14-6-23(18-31(30)38-25-8-10-27(11-9-25)40-16-2-1-3-17-40)35(44)39-26-19-28-12-13-29(20-26)41(28)32-15-7-24(21-37-32)33(42)22-4-5-22/h6-7,14-15,18,21-22,25-29,38H,1-5,8-13,16-17,19-20H2,(H2,36,43)(H,39,44)/t25-,26?,27-,28?,29?. The number of fused-ring (bicyclic) bond motifs is 2. The van der Waals surface area contributed by atoms with Crippen molar-refractivity contribution in [3.8, 4) is 0 Å². The number of carbonyl (C=O) groups excluding carboxylic acids is 3. The van der Waals surface area contributed by atoms with Crippen LogP contribution in [0.25, 0.3) is 0 Å². The van der Waals surface area contributed by atoms with Crippen molar-refractivity contribution in [1.29, 1.82) is 0 Å². The number of nitrogens with zero attached hydrogens (tertiary/aromatic N) is 3. The SMILES string of the molecule is NC(=O)c1ccc(C(=O)NC2CC3CCC(C2)N3c2ccc(C(=O)C3CC3)cn2)cc1N[C@H]1CC[C@H](N2CCCCC2)CC1. The summed E-state index contributed by atoms with van der Waals surface area (Å²) < 4.78 is 0. The fraction of sp³-hybridized carbons (Fsp3) is 0.600. The Kier molecular flexibility index (Phi) is 8.31. The summed E-state index contributed by atoms with van der Waals surface area (Å²) in [6.45, 7) is 2.44. The molecule has 0 radical (unpaired) electrons. The second kappa shape index (κ2) is 12.5. The summed E-state index contributed by atoms with van der Waals surface area (Å²) >= 11 is 0. The largest absolute Gasteiger partial charge is 0.382 e. The molecule has 2 unspecified atom stereocenters. The van der Waals surface area contributed by atoms with Crippen LogP contribution in [0.4, 0.5) is 11.5 Å². The van der Waals surface area contributed by atoms with Crippen LogP contribution in [0.3, 0.4) is 0 Å². The summed E-state index contributed by atoms with van der Waals surface area (Å²) in [5.41, 5.74) is 8.10. The number of likely N-dealkylation sites (tertiary alicyclic amines) is 1. The number of hydrogen-bond donors (Lipinski definition) is 3. The molecule has 4 N–H and O–H groups in total. The maximum atomic E-state index is 13.5. The van der Waals surface area contributed by atoms with Crippen molar-refractivity contribution < 1.29 is 14.4 Å². The van der Waals surface area contributed by atoms with Crippen LogP contribution in [-0.2, 0) is 0 Å². The molecule has 44 heavy (non-hydrogen) atoms. The van der Waals surface area contributed by atoms with Gasteiger partial charge in [-0.3, -0.25) is 14.4 Å².